The predicted octanol–water partition coefficient (Wildman–Crippen LogP) is 1.43. The van der Waals surface area contributed by atoms with Crippen molar-refractivity contribution in [1.29, 1.82) is 0 Å². The number of aliphatic hydroxyl groups excluding tert-OH is 1. The highest BCUT2D eigenvalue weighted by Gasteiger charge is 2.31. The summed E-state index contributed by atoms with van der Waals surface area (Å²) in [7, 11) is 1.73. The molecule has 1 aliphatic heterocycles. The van der Waals surface area contributed by atoms with Crippen molar-refractivity contribution in [3.8, 4) is 0 Å². The van der Waals surface area contributed by atoms with E-state index in [1.165, 1.54) is 0 Å². The van der Waals surface area contributed by atoms with Gasteiger partial charge in [-0.2, -0.15) is 0 Å². The molecule has 0 aliphatic carbocycles. The highest BCUT2D eigenvalue weighted by Crippen LogP contribution is 2.22. The van der Waals surface area contributed by atoms with Crippen LogP contribution in [0.25, 0.3) is 0 Å². The largest absolute Gasteiger partial charge is 0.395 e. The number of nitrogens with zero attached hydrogens (tertiary/aromatic N) is 2. The van der Waals surface area contributed by atoms with E-state index in [-0.39, 0.29) is 18.8 Å². The van der Waals surface area contributed by atoms with Crippen LogP contribution in [-0.2, 0) is 11.3 Å². The third kappa shape index (κ3) is 3.25. The molecule has 1 N–H and O–H groups in total. The molecular formula is C12H17BrN2O2. The molecule has 5 heteroatoms. The molecule has 0 unspecified atom stereocenters. The Morgan fingerprint density at radius 2 is 2.41 bits per heavy atom. The summed E-state index contributed by atoms with van der Waals surface area (Å²) in [5.41, 5.74) is 1.15. The number of pyridine rings is 1. The molecule has 2 heterocycles. The zero-order valence-corrected chi connectivity index (χ0v) is 11.4. The summed E-state index contributed by atoms with van der Waals surface area (Å²) in [5, 5.41) is 9.36. The lowest BCUT2D eigenvalue weighted by molar-refractivity contribution is 0.107. The summed E-state index contributed by atoms with van der Waals surface area (Å²) in [6, 6.07) is 2.25. The third-order valence-corrected chi connectivity index (χ3v) is 3.61. The van der Waals surface area contributed by atoms with E-state index in [1.807, 2.05) is 6.20 Å². The van der Waals surface area contributed by atoms with E-state index >= 15 is 0 Å². The van der Waals surface area contributed by atoms with Gasteiger partial charge in [0.15, 0.2) is 0 Å². The van der Waals surface area contributed by atoms with Crippen molar-refractivity contribution in [3.63, 3.8) is 0 Å². The van der Waals surface area contributed by atoms with Gasteiger partial charge in [-0.05, 0) is 34.0 Å². The van der Waals surface area contributed by atoms with Gasteiger partial charge in [0.2, 0.25) is 0 Å². The van der Waals surface area contributed by atoms with E-state index in [4.69, 9.17) is 4.74 Å². The van der Waals surface area contributed by atoms with Gasteiger partial charge in [-0.25, -0.2) is 0 Å². The number of methoxy groups -OCH3 is 1. The highest BCUT2D eigenvalue weighted by atomic mass is 79.9. The standard InChI is InChI=1S/C12H17BrN2O2/c1-17-12-3-11(8-16)15(7-12)6-9-2-10(13)5-14-4-9/h2,4-5,11-12,16H,3,6-8H2,1H3/t11-,12+/m0/s1. The minimum Gasteiger partial charge on any atom is -0.395 e. The number of halogens is 1. The Kier molecular flexibility index (Phi) is 4.50. The smallest absolute Gasteiger partial charge is 0.0714 e. The lowest BCUT2D eigenvalue weighted by Gasteiger charge is -2.22. The average molecular weight is 301 g/mol. The molecule has 1 fully saturated rings. The van der Waals surface area contributed by atoms with Gasteiger partial charge in [0.05, 0.1) is 12.7 Å². The van der Waals surface area contributed by atoms with Gasteiger partial charge in [-0.15, -0.1) is 0 Å². The van der Waals surface area contributed by atoms with Crippen LogP contribution in [0.4, 0.5) is 0 Å². The van der Waals surface area contributed by atoms with E-state index in [0.717, 1.165) is 29.5 Å². The lowest BCUT2D eigenvalue weighted by Crippen LogP contribution is -2.32. The van der Waals surface area contributed by atoms with E-state index in [2.05, 4.69) is 31.9 Å². The zero-order valence-electron chi connectivity index (χ0n) is 9.84. The summed E-state index contributed by atoms with van der Waals surface area (Å²) in [6.07, 6.45) is 4.76. The van der Waals surface area contributed by atoms with Crippen LogP contribution < -0.4 is 0 Å². The predicted molar refractivity (Wildman–Crippen MR) is 68.6 cm³/mol. The fourth-order valence-corrected chi connectivity index (χ4v) is 2.68. The first-order valence-corrected chi connectivity index (χ1v) is 6.49. The monoisotopic (exact) mass is 300 g/mol. The first-order valence-electron chi connectivity index (χ1n) is 5.70. The second kappa shape index (κ2) is 5.91. The molecule has 94 valence electrons. The molecule has 0 bridgehead atoms. The highest BCUT2D eigenvalue weighted by molar-refractivity contribution is 9.10. The van der Waals surface area contributed by atoms with Crippen molar-refractivity contribution in [1.82, 2.24) is 9.88 Å². The second-order valence-corrected chi connectivity index (χ2v) is 5.29. The number of rotatable bonds is 4. The van der Waals surface area contributed by atoms with Crippen LogP contribution >= 0.6 is 15.9 Å². The molecule has 1 saturated heterocycles. The number of aliphatic hydroxyl groups is 1. The van der Waals surface area contributed by atoms with Crippen LogP contribution in [-0.4, -0.2) is 47.4 Å². The van der Waals surface area contributed by atoms with Gasteiger partial charge >= 0.3 is 0 Å². The van der Waals surface area contributed by atoms with E-state index < -0.39 is 0 Å². The van der Waals surface area contributed by atoms with Crippen molar-refractivity contribution in [2.24, 2.45) is 0 Å². The summed E-state index contributed by atoms with van der Waals surface area (Å²) in [6.45, 7) is 1.85. The Bertz CT molecular complexity index is 375. The summed E-state index contributed by atoms with van der Waals surface area (Å²) in [4.78, 5) is 6.40. The van der Waals surface area contributed by atoms with Gasteiger partial charge < -0.3 is 9.84 Å². The Morgan fingerprint density at radius 1 is 1.59 bits per heavy atom. The van der Waals surface area contributed by atoms with Crippen molar-refractivity contribution in [2.45, 2.75) is 25.1 Å². The molecule has 1 aromatic heterocycles. The molecule has 2 atom stereocenters. The van der Waals surface area contributed by atoms with Crippen LogP contribution in [0, 0.1) is 0 Å². The van der Waals surface area contributed by atoms with Crippen LogP contribution in [0.5, 0.6) is 0 Å². The maximum absolute atomic E-state index is 9.36. The summed E-state index contributed by atoms with van der Waals surface area (Å²) in [5.74, 6) is 0. The second-order valence-electron chi connectivity index (χ2n) is 4.37. The fraction of sp³-hybridized carbons (Fsp3) is 0.583. The van der Waals surface area contributed by atoms with Gasteiger partial charge in [-0.1, -0.05) is 0 Å². The fourth-order valence-electron chi connectivity index (χ4n) is 2.27. The molecule has 1 aromatic rings. The Balaban J connectivity index is 2.02. The molecule has 2 rings (SSSR count). The molecule has 0 radical (unpaired) electrons. The minimum atomic E-state index is 0.182. The zero-order chi connectivity index (χ0) is 12.3. The van der Waals surface area contributed by atoms with Crippen molar-refractivity contribution >= 4 is 15.9 Å². The Labute approximate surface area is 110 Å². The average Bonchev–Trinajstić information content (AvgIpc) is 2.71. The molecular weight excluding hydrogens is 284 g/mol. The quantitative estimate of drug-likeness (QED) is 0.914. The summed E-state index contributed by atoms with van der Waals surface area (Å²) >= 11 is 3.41. The maximum Gasteiger partial charge on any atom is 0.0714 e. The molecule has 0 amide bonds. The molecule has 4 nitrogen and oxygen atoms in total. The third-order valence-electron chi connectivity index (χ3n) is 3.18. The van der Waals surface area contributed by atoms with E-state index in [9.17, 15) is 5.11 Å². The first kappa shape index (κ1) is 13.0. The first-order chi connectivity index (χ1) is 8.22. The van der Waals surface area contributed by atoms with Crippen LogP contribution in [0.2, 0.25) is 0 Å². The van der Waals surface area contributed by atoms with Crippen molar-refractivity contribution < 1.29 is 9.84 Å². The van der Waals surface area contributed by atoms with Gasteiger partial charge in [0, 0.05) is 43.1 Å². The SMILES string of the molecule is CO[C@@H]1C[C@@H](CO)N(Cc2cncc(Br)c2)C1. The van der Waals surface area contributed by atoms with E-state index in [1.54, 1.807) is 13.3 Å². The van der Waals surface area contributed by atoms with Crippen molar-refractivity contribution in [3.05, 3.63) is 28.5 Å². The van der Waals surface area contributed by atoms with Crippen LogP contribution in [0.15, 0.2) is 22.9 Å². The summed E-state index contributed by atoms with van der Waals surface area (Å²) < 4.78 is 6.34. The van der Waals surface area contributed by atoms with Crippen molar-refractivity contribution in [2.75, 3.05) is 20.3 Å². The molecule has 0 spiro atoms. The number of aromatic nitrogens is 1. The number of likely N-dealkylation sites (tertiary alicyclic amines) is 1. The minimum absolute atomic E-state index is 0.182. The number of ether oxygens (including phenoxy) is 1. The number of hydrogen-bond donors (Lipinski definition) is 1. The molecule has 17 heavy (non-hydrogen) atoms. The topological polar surface area (TPSA) is 45.6 Å². The van der Waals surface area contributed by atoms with Gasteiger partial charge in [0.1, 0.15) is 0 Å². The Hall–Kier alpha value is -0.490. The normalized spacial score (nSPS) is 25.4. The Morgan fingerprint density at radius 3 is 3.06 bits per heavy atom. The molecule has 1 aliphatic rings. The van der Waals surface area contributed by atoms with E-state index in [0.29, 0.717) is 0 Å². The molecule has 0 aromatic carbocycles. The van der Waals surface area contributed by atoms with Crippen LogP contribution in [0.3, 0.4) is 0 Å². The van der Waals surface area contributed by atoms with Gasteiger partial charge in [-0.3, -0.25) is 9.88 Å². The number of hydrogen-bond acceptors (Lipinski definition) is 4. The maximum atomic E-state index is 9.36. The van der Waals surface area contributed by atoms with Gasteiger partial charge in [0.25, 0.3) is 0 Å². The van der Waals surface area contributed by atoms with Crippen LogP contribution in [0.1, 0.15) is 12.0 Å². The molecule has 0 saturated carbocycles. The lowest BCUT2D eigenvalue weighted by atomic mass is 10.2.